The van der Waals surface area contributed by atoms with E-state index < -0.39 is 111 Å². The van der Waals surface area contributed by atoms with Gasteiger partial charge in [-0.15, -0.1) is 0 Å². The van der Waals surface area contributed by atoms with Crippen molar-refractivity contribution in [3.63, 3.8) is 0 Å². The van der Waals surface area contributed by atoms with Crippen LogP contribution in [-0.4, -0.2) is 174 Å². The lowest BCUT2D eigenvalue weighted by Gasteiger charge is -2.58. The van der Waals surface area contributed by atoms with Crippen molar-refractivity contribution in [2.24, 2.45) is 46.3 Å². The maximum atomic E-state index is 12.2. The van der Waals surface area contributed by atoms with Gasteiger partial charge in [0.05, 0.1) is 31.0 Å². The first kappa shape index (κ1) is 47.5. The predicted molar refractivity (Wildman–Crippen MR) is 216 cm³/mol. The second kappa shape index (κ2) is 17.9. The first-order chi connectivity index (χ1) is 29.3. The summed E-state index contributed by atoms with van der Waals surface area (Å²) in [5, 5.41) is 108. The zero-order valence-electron chi connectivity index (χ0n) is 37.0. The molecule has 0 amide bonds. The summed E-state index contributed by atoms with van der Waals surface area (Å²) in [6.45, 7) is 11.5. The fraction of sp³-hybridized carbons (Fsp3) is 0.956. The van der Waals surface area contributed by atoms with Gasteiger partial charge in [0.15, 0.2) is 24.7 Å². The molecule has 0 aromatic rings. The van der Waals surface area contributed by atoms with E-state index in [9.17, 15) is 51.1 Å². The Kier molecular flexibility index (Phi) is 13.8. The van der Waals surface area contributed by atoms with Gasteiger partial charge in [-0.3, -0.25) is 0 Å². The van der Waals surface area contributed by atoms with Crippen LogP contribution >= 0.6 is 0 Å². The third kappa shape index (κ3) is 8.07. The van der Waals surface area contributed by atoms with E-state index in [1.54, 1.807) is 0 Å². The Bertz CT molecular complexity index is 1590. The van der Waals surface area contributed by atoms with Gasteiger partial charge < -0.3 is 84.2 Å². The summed E-state index contributed by atoms with van der Waals surface area (Å²) in [6.07, 6.45) is -12.6. The highest BCUT2D eigenvalue weighted by molar-refractivity contribution is 5.27. The number of fused-ring (bicyclic) bond motifs is 7. The molecule has 7 fully saturated rings. The summed E-state index contributed by atoms with van der Waals surface area (Å²) < 4.78 is 43.1. The quantitative estimate of drug-likeness (QED) is 0.124. The molecular weight excluding hydrogens is 812 g/mol. The van der Waals surface area contributed by atoms with Gasteiger partial charge >= 0.3 is 0 Å². The largest absolute Gasteiger partial charge is 0.396 e. The van der Waals surface area contributed by atoms with Crippen molar-refractivity contribution in [1.29, 1.82) is 0 Å². The van der Waals surface area contributed by atoms with Gasteiger partial charge in [-0.1, -0.05) is 39.3 Å². The highest BCUT2D eigenvalue weighted by Crippen LogP contribution is 2.71. The monoisotopic (exact) mass is 886 g/mol. The van der Waals surface area contributed by atoms with E-state index in [0.717, 1.165) is 38.5 Å². The summed E-state index contributed by atoms with van der Waals surface area (Å²) >= 11 is 0. The van der Waals surface area contributed by atoms with E-state index in [1.165, 1.54) is 19.4 Å². The Balaban J connectivity index is 0.987. The number of aliphatic hydroxyl groups is 10. The van der Waals surface area contributed by atoms with Gasteiger partial charge in [0.25, 0.3) is 0 Å². The van der Waals surface area contributed by atoms with Crippen LogP contribution in [-0.2, 0) is 33.2 Å². The Hall–Kier alpha value is -0.940. The van der Waals surface area contributed by atoms with Crippen molar-refractivity contribution in [3.8, 4) is 0 Å². The minimum Gasteiger partial charge on any atom is -0.396 e. The lowest BCUT2D eigenvalue weighted by molar-refractivity contribution is -0.388. The third-order valence-corrected chi connectivity index (χ3v) is 17.3. The Morgan fingerprint density at radius 2 is 1.35 bits per heavy atom. The summed E-state index contributed by atoms with van der Waals surface area (Å²) in [5.74, 6) is 0.378. The van der Waals surface area contributed by atoms with Gasteiger partial charge in [0.1, 0.15) is 61.0 Å². The zero-order valence-corrected chi connectivity index (χ0v) is 37.0. The van der Waals surface area contributed by atoms with E-state index >= 15 is 0 Å². The predicted octanol–water partition coefficient (Wildman–Crippen LogP) is 0.196. The Morgan fingerprint density at radius 3 is 1.97 bits per heavy atom. The van der Waals surface area contributed by atoms with Gasteiger partial charge in [-0.25, -0.2) is 0 Å². The first-order valence-corrected chi connectivity index (χ1v) is 23.3. The molecule has 8 aliphatic rings. The van der Waals surface area contributed by atoms with Crippen LogP contribution < -0.4 is 0 Å². The molecule has 0 radical (unpaired) electrons. The molecular formula is C45H74O17. The van der Waals surface area contributed by atoms with Gasteiger partial charge in [-0.2, -0.15) is 0 Å². The lowest BCUT2D eigenvalue weighted by atomic mass is 9.47. The van der Waals surface area contributed by atoms with Crippen molar-refractivity contribution >= 4 is 0 Å². The molecule has 17 nitrogen and oxygen atoms in total. The lowest BCUT2D eigenvalue weighted by Crippen LogP contribution is -2.66. The molecule has 26 atom stereocenters. The summed E-state index contributed by atoms with van der Waals surface area (Å²) in [4.78, 5) is 0. The number of aliphatic hydroxyl groups excluding tert-OH is 9. The van der Waals surface area contributed by atoms with Crippen LogP contribution in [0.4, 0.5) is 0 Å². The molecule has 17 heteroatoms. The van der Waals surface area contributed by atoms with E-state index in [0.29, 0.717) is 37.0 Å². The molecule has 4 heterocycles. The molecule has 4 aliphatic heterocycles. The topological polar surface area (TPSA) is 267 Å². The molecule has 4 saturated heterocycles. The van der Waals surface area contributed by atoms with Crippen LogP contribution in [0.15, 0.2) is 11.6 Å². The van der Waals surface area contributed by atoms with Crippen LogP contribution in [0.1, 0.15) is 99.3 Å². The van der Waals surface area contributed by atoms with Crippen molar-refractivity contribution in [2.75, 3.05) is 13.2 Å². The van der Waals surface area contributed by atoms with E-state index in [2.05, 4.69) is 26.8 Å². The molecule has 356 valence electrons. The fourth-order valence-electron chi connectivity index (χ4n) is 13.6. The standard InChI is InChI=1S/C45H74O17/c1-19(17-46)7-10-28-20(2)39-44(6)14-12-26-25(27(44)16-45(39,55)62-28)9-8-23-15-24(11-13-43(23,26)5)58-42-38(61-41-35(53)33(51)31(49)22(4)57-41)36(54)37(29(18-47)59-42)60-40-34(52)32(50)30(48)21(3)56-40/h8,19-22,24-42,46-55H,7,9-18H2,1-6H3/t19-,20+,21-,22-,24-,25+,26-,27-,28-,29+,30-,31-,32+,33+,34+,35+,36-,37+,38+,39+,40-,41-,42+,43-,44-,45-/m0/s1. The average molecular weight is 887 g/mol. The van der Waals surface area contributed by atoms with Crippen LogP contribution in [0, 0.1) is 46.3 Å². The second-order valence-electron chi connectivity index (χ2n) is 21.0. The fourth-order valence-corrected chi connectivity index (χ4v) is 13.6. The maximum Gasteiger partial charge on any atom is 0.187 e. The van der Waals surface area contributed by atoms with Gasteiger partial charge in [0.2, 0.25) is 0 Å². The van der Waals surface area contributed by atoms with Crippen LogP contribution in [0.5, 0.6) is 0 Å². The third-order valence-electron chi connectivity index (χ3n) is 17.3. The summed E-state index contributed by atoms with van der Waals surface area (Å²) in [6, 6.07) is 0. The maximum absolute atomic E-state index is 12.2. The molecule has 3 saturated carbocycles. The van der Waals surface area contributed by atoms with Crippen LogP contribution in [0.25, 0.3) is 0 Å². The Morgan fingerprint density at radius 1 is 0.726 bits per heavy atom. The molecule has 0 bridgehead atoms. The van der Waals surface area contributed by atoms with Crippen molar-refractivity contribution in [1.82, 2.24) is 0 Å². The number of rotatable bonds is 11. The van der Waals surface area contributed by atoms with Crippen molar-refractivity contribution < 1.29 is 84.2 Å². The minimum absolute atomic E-state index is 0.0274. The molecule has 4 aliphatic carbocycles. The Labute approximate surface area is 364 Å². The van der Waals surface area contributed by atoms with Gasteiger partial charge in [-0.05, 0) is 106 Å². The smallest absolute Gasteiger partial charge is 0.187 e. The van der Waals surface area contributed by atoms with Crippen LogP contribution in [0.3, 0.4) is 0 Å². The normalized spacial score (nSPS) is 55.7. The van der Waals surface area contributed by atoms with E-state index in [4.69, 9.17) is 33.2 Å². The van der Waals surface area contributed by atoms with E-state index in [1.807, 2.05) is 6.92 Å². The second-order valence-corrected chi connectivity index (χ2v) is 21.0. The average Bonchev–Trinajstić information content (AvgIpc) is 3.65. The molecule has 0 spiro atoms. The minimum atomic E-state index is -1.73. The first-order valence-electron chi connectivity index (χ1n) is 23.3. The number of hydrogen-bond donors (Lipinski definition) is 10. The summed E-state index contributed by atoms with van der Waals surface area (Å²) in [5.41, 5.74) is 1.11. The molecule has 0 unspecified atom stereocenters. The van der Waals surface area contributed by atoms with Crippen molar-refractivity contribution in [2.45, 2.75) is 209 Å². The molecule has 10 N–H and O–H groups in total. The number of allylic oxidation sites excluding steroid dienone is 1. The molecule has 62 heavy (non-hydrogen) atoms. The number of hydrogen-bond acceptors (Lipinski definition) is 17. The molecule has 8 rings (SSSR count). The highest BCUT2D eigenvalue weighted by atomic mass is 16.8. The summed E-state index contributed by atoms with van der Waals surface area (Å²) in [7, 11) is 0. The zero-order chi connectivity index (χ0) is 44.8. The molecule has 0 aromatic heterocycles. The number of ether oxygens (including phenoxy) is 7. The molecule has 0 aromatic carbocycles. The van der Waals surface area contributed by atoms with Crippen LogP contribution in [0.2, 0.25) is 0 Å². The van der Waals surface area contributed by atoms with Crippen molar-refractivity contribution in [3.05, 3.63) is 11.6 Å². The van der Waals surface area contributed by atoms with Gasteiger partial charge in [0, 0.05) is 18.9 Å². The highest BCUT2D eigenvalue weighted by Gasteiger charge is 2.70. The van der Waals surface area contributed by atoms with E-state index in [-0.39, 0.29) is 41.3 Å². The SMILES string of the molecule is C[C@H](CO)CC[C@@H]1O[C@@]2(O)C[C@H]3[C@@H]4CC=C5C[C@@H](O[C@@H]6O[C@H](CO)[C@@H](O[C@@H]7O[C@@H](C)[C@H](O)[C@@H](O)[C@H]7O)[C@H](O)[C@H]6O[C@@H]6O[C@@H](C)[C@H](O)[C@@H](O)[C@H]6O)CC[C@]5(C)[C@H]4CC[C@]3(C)[C@H]2[C@@H]1C.